The van der Waals surface area contributed by atoms with Gasteiger partial charge >= 0.3 is 0 Å². The number of amides is 1. The molecule has 110 valence electrons. The molecule has 1 aliphatic carbocycles. The average molecular weight is 277 g/mol. The standard InChI is InChI=1S/C15H23N3O2/c1-3-16-13-12(7-6-10-17-13)14(19)18(2)11-15(20)8-4-5-9-15/h6-7,10,20H,3-5,8-9,11H2,1-2H3,(H,16,17). The third-order valence-corrected chi connectivity index (χ3v) is 3.79. The fourth-order valence-electron chi connectivity index (χ4n) is 2.80. The van der Waals surface area contributed by atoms with Gasteiger partial charge < -0.3 is 15.3 Å². The Bertz CT molecular complexity index is 470. The maximum Gasteiger partial charge on any atom is 0.257 e. The molecule has 2 rings (SSSR count). The summed E-state index contributed by atoms with van der Waals surface area (Å²) in [4.78, 5) is 18.3. The SMILES string of the molecule is CCNc1ncccc1C(=O)N(C)CC1(O)CCCC1. The molecule has 0 radical (unpaired) electrons. The van der Waals surface area contributed by atoms with Crippen LogP contribution in [0, 0.1) is 0 Å². The highest BCUT2D eigenvalue weighted by Crippen LogP contribution is 2.30. The first kappa shape index (κ1) is 14.8. The Morgan fingerprint density at radius 2 is 2.20 bits per heavy atom. The van der Waals surface area contributed by atoms with Crippen LogP contribution in [0.3, 0.4) is 0 Å². The number of hydrogen-bond donors (Lipinski definition) is 2. The molecule has 20 heavy (non-hydrogen) atoms. The molecule has 0 aromatic carbocycles. The second-order valence-electron chi connectivity index (χ2n) is 5.52. The van der Waals surface area contributed by atoms with E-state index in [0.717, 1.165) is 25.7 Å². The number of likely N-dealkylation sites (N-methyl/N-ethyl adjacent to an activating group) is 1. The number of nitrogens with zero attached hydrogens (tertiary/aromatic N) is 2. The Balaban J connectivity index is 2.10. The first-order valence-electron chi connectivity index (χ1n) is 7.22. The Labute approximate surface area is 120 Å². The minimum absolute atomic E-state index is 0.102. The van der Waals surface area contributed by atoms with E-state index in [1.807, 2.05) is 6.92 Å². The topological polar surface area (TPSA) is 65.5 Å². The summed E-state index contributed by atoms with van der Waals surface area (Å²) < 4.78 is 0. The van der Waals surface area contributed by atoms with E-state index < -0.39 is 5.60 Å². The summed E-state index contributed by atoms with van der Waals surface area (Å²) >= 11 is 0. The predicted octanol–water partition coefficient (Wildman–Crippen LogP) is 1.89. The first-order chi connectivity index (χ1) is 9.56. The van der Waals surface area contributed by atoms with Crippen molar-refractivity contribution in [2.24, 2.45) is 0 Å². The molecule has 5 heteroatoms. The van der Waals surface area contributed by atoms with Gasteiger partial charge in [0.15, 0.2) is 0 Å². The van der Waals surface area contributed by atoms with Crippen LogP contribution < -0.4 is 5.32 Å². The molecule has 1 heterocycles. The molecule has 1 saturated carbocycles. The molecule has 1 aromatic rings. The van der Waals surface area contributed by atoms with Crippen LogP contribution in [0.1, 0.15) is 43.0 Å². The van der Waals surface area contributed by atoms with E-state index in [1.54, 1.807) is 30.3 Å². The van der Waals surface area contributed by atoms with Gasteiger partial charge in [0.2, 0.25) is 0 Å². The van der Waals surface area contributed by atoms with E-state index in [-0.39, 0.29) is 5.91 Å². The Morgan fingerprint density at radius 1 is 1.50 bits per heavy atom. The summed E-state index contributed by atoms with van der Waals surface area (Å²) in [5.74, 6) is 0.500. The van der Waals surface area contributed by atoms with Crippen molar-refractivity contribution in [3.05, 3.63) is 23.9 Å². The highest BCUT2D eigenvalue weighted by molar-refractivity contribution is 5.98. The lowest BCUT2D eigenvalue weighted by atomic mass is 10.0. The molecule has 0 atom stereocenters. The van der Waals surface area contributed by atoms with Crippen LogP contribution in [0.2, 0.25) is 0 Å². The summed E-state index contributed by atoms with van der Waals surface area (Å²) in [6.45, 7) is 3.06. The van der Waals surface area contributed by atoms with Gasteiger partial charge in [0.05, 0.1) is 11.2 Å². The van der Waals surface area contributed by atoms with Crippen LogP contribution in [0.4, 0.5) is 5.82 Å². The minimum Gasteiger partial charge on any atom is -0.388 e. The molecule has 5 nitrogen and oxygen atoms in total. The minimum atomic E-state index is -0.717. The molecule has 0 bridgehead atoms. The van der Waals surface area contributed by atoms with Crippen molar-refractivity contribution >= 4 is 11.7 Å². The van der Waals surface area contributed by atoms with Crippen molar-refractivity contribution < 1.29 is 9.90 Å². The van der Waals surface area contributed by atoms with E-state index in [4.69, 9.17) is 0 Å². The Morgan fingerprint density at radius 3 is 2.85 bits per heavy atom. The van der Waals surface area contributed by atoms with Gasteiger partial charge in [-0.1, -0.05) is 12.8 Å². The van der Waals surface area contributed by atoms with Gasteiger partial charge in [0, 0.05) is 26.3 Å². The second kappa shape index (κ2) is 6.22. The van der Waals surface area contributed by atoms with Crippen LogP contribution in [0.25, 0.3) is 0 Å². The van der Waals surface area contributed by atoms with Gasteiger partial charge in [-0.15, -0.1) is 0 Å². The zero-order valence-corrected chi connectivity index (χ0v) is 12.2. The monoisotopic (exact) mass is 277 g/mol. The van der Waals surface area contributed by atoms with E-state index in [1.165, 1.54) is 0 Å². The molecule has 1 aliphatic rings. The molecule has 0 unspecified atom stereocenters. The molecular formula is C15H23N3O2. The number of rotatable bonds is 5. The lowest BCUT2D eigenvalue weighted by Crippen LogP contribution is -2.42. The predicted molar refractivity (Wildman–Crippen MR) is 78.8 cm³/mol. The van der Waals surface area contributed by atoms with Gasteiger partial charge in [-0.05, 0) is 31.9 Å². The fourth-order valence-corrected chi connectivity index (χ4v) is 2.80. The number of carbonyl (C=O) groups is 1. The maximum absolute atomic E-state index is 12.5. The number of aliphatic hydroxyl groups is 1. The fraction of sp³-hybridized carbons (Fsp3) is 0.600. The lowest BCUT2D eigenvalue weighted by molar-refractivity contribution is 0.0157. The highest BCUT2D eigenvalue weighted by Gasteiger charge is 2.33. The molecule has 0 spiro atoms. The van der Waals surface area contributed by atoms with Crippen molar-refractivity contribution in [3.8, 4) is 0 Å². The smallest absolute Gasteiger partial charge is 0.257 e. The molecule has 0 aliphatic heterocycles. The quantitative estimate of drug-likeness (QED) is 0.862. The van der Waals surface area contributed by atoms with Crippen LogP contribution >= 0.6 is 0 Å². The van der Waals surface area contributed by atoms with Crippen LogP contribution in [-0.4, -0.2) is 46.6 Å². The van der Waals surface area contributed by atoms with Crippen LogP contribution in [0.15, 0.2) is 18.3 Å². The number of hydrogen-bond acceptors (Lipinski definition) is 4. The third-order valence-electron chi connectivity index (χ3n) is 3.79. The van der Waals surface area contributed by atoms with Crippen LogP contribution in [-0.2, 0) is 0 Å². The number of carbonyl (C=O) groups excluding carboxylic acids is 1. The molecular weight excluding hydrogens is 254 g/mol. The number of pyridine rings is 1. The Hall–Kier alpha value is -1.62. The second-order valence-corrected chi connectivity index (χ2v) is 5.52. The summed E-state index contributed by atoms with van der Waals surface area (Å²) in [6.07, 6.45) is 5.29. The number of nitrogens with one attached hydrogen (secondary N) is 1. The van der Waals surface area contributed by atoms with Gasteiger partial charge in [-0.2, -0.15) is 0 Å². The van der Waals surface area contributed by atoms with Gasteiger partial charge in [-0.25, -0.2) is 4.98 Å². The number of anilines is 1. The summed E-state index contributed by atoms with van der Waals surface area (Å²) in [5.41, 5.74) is -0.163. The third kappa shape index (κ3) is 3.28. The van der Waals surface area contributed by atoms with Gasteiger partial charge in [0.1, 0.15) is 5.82 Å². The van der Waals surface area contributed by atoms with Gasteiger partial charge in [-0.3, -0.25) is 4.79 Å². The van der Waals surface area contributed by atoms with E-state index in [0.29, 0.717) is 24.5 Å². The highest BCUT2D eigenvalue weighted by atomic mass is 16.3. The van der Waals surface area contributed by atoms with E-state index in [2.05, 4.69) is 10.3 Å². The van der Waals surface area contributed by atoms with E-state index >= 15 is 0 Å². The van der Waals surface area contributed by atoms with Crippen molar-refractivity contribution in [1.82, 2.24) is 9.88 Å². The zero-order valence-electron chi connectivity index (χ0n) is 12.2. The van der Waals surface area contributed by atoms with Crippen molar-refractivity contribution in [2.75, 3.05) is 25.5 Å². The van der Waals surface area contributed by atoms with Crippen molar-refractivity contribution in [1.29, 1.82) is 0 Å². The molecule has 2 N–H and O–H groups in total. The number of aromatic nitrogens is 1. The molecule has 1 fully saturated rings. The average Bonchev–Trinajstić information content (AvgIpc) is 2.85. The maximum atomic E-state index is 12.5. The largest absolute Gasteiger partial charge is 0.388 e. The molecule has 1 amide bonds. The Kier molecular flexibility index (Phi) is 4.60. The van der Waals surface area contributed by atoms with E-state index in [9.17, 15) is 9.90 Å². The van der Waals surface area contributed by atoms with Gasteiger partial charge in [0.25, 0.3) is 5.91 Å². The molecule has 1 aromatic heterocycles. The lowest BCUT2D eigenvalue weighted by Gasteiger charge is -2.29. The first-order valence-corrected chi connectivity index (χ1v) is 7.22. The normalized spacial score (nSPS) is 16.9. The molecule has 0 saturated heterocycles. The van der Waals surface area contributed by atoms with Crippen molar-refractivity contribution in [3.63, 3.8) is 0 Å². The summed E-state index contributed by atoms with van der Waals surface area (Å²) in [5, 5.41) is 13.5. The van der Waals surface area contributed by atoms with Crippen molar-refractivity contribution in [2.45, 2.75) is 38.2 Å². The summed E-state index contributed by atoms with van der Waals surface area (Å²) in [7, 11) is 1.74. The van der Waals surface area contributed by atoms with Crippen LogP contribution in [0.5, 0.6) is 0 Å². The summed E-state index contributed by atoms with van der Waals surface area (Å²) in [6, 6.07) is 3.52. The zero-order chi connectivity index (χ0) is 14.6.